The van der Waals surface area contributed by atoms with E-state index in [1.165, 1.54) is 19.3 Å². The highest BCUT2D eigenvalue weighted by atomic mass is 127. The lowest BCUT2D eigenvalue weighted by Crippen LogP contribution is -2.44. The number of carbonyl (C=O) groups excluding carboxylic acids is 1. The second-order valence-corrected chi connectivity index (χ2v) is 6.33. The minimum Gasteiger partial charge on any atom is -0.444 e. The van der Waals surface area contributed by atoms with Gasteiger partial charge >= 0.3 is 6.09 Å². The van der Waals surface area contributed by atoms with Gasteiger partial charge in [0.1, 0.15) is 5.60 Å². The van der Waals surface area contributed by atoms with Gasteiger partial charge < -0.3 is 10.1 Å². The van der Waals surface area contributed by atoms with Crippen LogP contribution in [0.5, 0.6) is 0 Å². The second-order valence-electron chi connectivity index (χ2n) is 5.45. The SMILES string of the molecule is CC(C)(C)OC(=O)N[C@@H]1CCCC[C@H]1CI. The molecule has 0 bridgehead atoms. The predicted molar refractivity (Wildman–Crippen MR) is 74.0 cm³/mol. The molecule has 1 saturated carbocycles. The van der Waals surface area contributed by atoms with E-state index in [2.05, 4.69) is 27.9 Å². The van der Waals surface area contributed by atoms with E-state index in [0.29, 0.717) is 12.0 Å². The smallest absolute Gasteiger partial charge is 0.407 e. The number of nitrogens with one attached hydrogen (secondary N) is 1. The second kappa shape index (κ2) is 6.07. The molecule has 0 heterocycles. The summed E-state index contributed by atoms with van der Waals surface area (Å²) in [5.74, 6) is 0.613. The number of rotatable bonds is 2. The van der Waals surface area contributed by atoms with Crippen molar-refractivity contribution in [2.45, 2.75) is 58.1 Å². The fraction of sp³-hybridized carbons (Fsp3) is 0.917. The third-order valence-electron chi connectivity index (χ3n) is 2.81. The van der Waals surface area contributed by atoms with Gasteiger partial charge in [0.25, 0.3) is 0 Å². The summed E-state index contributed by atoms with van der Waals surface area (Å²) in [4.78, 5) is 11.7. The Hall–Kier alpha value is 0. The average Bonchev–Trinajstić information content (AvgIpc) is 2.15. The molecule has 1 aliphatic carbocycles. The van der Waals surface area contributed by atoms with Gasteiger partial charge in [-0.2, -0.15) is 0 Å². The van der Waals surface area contributed by atoms with Gasteiger partial charge in [-0.3, -0.25) is 0 Å². The molecule has 2 atom stereocenters. The molecule has 0 unspecified atom stereocenters. The Balaban J connectivity index is 2.42. The van der Waals surface area contributed by atoms with Crippen LogP contribution in [0.15, 0.2) is 0 Å². The maximum absolute atomic E-state index is 11.7. The highest BCUT2D eigenvalue weighted by molar-refractivity contribution is 14.1. The Morgan fingerprint density at radius 2 is 2.00 bits per heavy atom. The van der Waals surface area contributed by atoms with Crippen LogP contribution < -0.4 is 5.32 Å². The summed E-state index contributed by atoms with van der Waals surface area (Å²) < 4.78 is 6.39. The summed E-state index contributed by atoms with van der Waals surface area (Å²) >= 11 is 2.40. The molecule has 0 spiro atoms. The van der Waals surface area contributed by atoms with Crippen molar-refractivity contribution < 1.29 is 9.53 Å². The van der Waals surface area contributed by atoms with E-state index in [1.807, 2.05) is 20.8 Å². The van der Waals surface area contributed by atoms with Gasteiger partial charge in [0.05, 0.1) is 0 Å². The van der Waals surface area contributed by atoms with Crippen LogP contribution in [0.4, 0.5) is 4.79 Å². The lowest BCUT2D eigenvalue weighted by molar-refractivity contribution is 0.0475. The van der Waals surface area contributed by atoms with Crippen molar-refractivity contribution in [2.24, 2.45) is 5.92 Å². The fourth-order valence-electron chi connectivity index (χ4n) is 2.04. The highest BCUT2D eigenvalue weighted by Gasteiger charge is 2.27. The van der Waals surface area contributed by atoms with Gasteiger partial charge in [-0.05, 0) is 39.5 Å². The van der Waals surface area contributed by atoms with Crippen LogP contribution in [0, 0.1) is 5.92 Å². The number of halogens is 1. The van der Waals surface area contributed by atoms with Crippen molar-refractivity contribution >= 4 is 28.7 Å². The first-order valence-electron chi connectivity index (χ1n) is 5.98. The summed E-state index contributed by atoms with van der Waals surface area (Å²) in [5, 5.41) is 3.01. The van der Waals surface area contributed by atoms with Gasteiger partial charge in [-0.1, -0.05) is 35.4 Å². The van der Waals surface area contributed by atoms with Gasteiger partial charge in [0.15, 0.2) is 0 Å². The van der Waals surface area contributed by atoms with Crippen molar-refractivity contribution in [3.63, 3.8) is 0 Å². The zero-order valence-electron chi connectivity index (χ0n) is 10.4. The Morgan fingerprint density at radius 1 is 1.38 bits per heavy atom. The number of alkyl halides is 1. The Morgan fingerprint density at radius 3 is 2.56 bits per heavy atom. The van der Waals surface area contributed by atoms with E-state index in [-0.39, 0.29) is 6.09 Å². The normalized spacial score (nSPS) is 26.2. The van der Waals surface area contributed by atoms with Crippen LogP contribution in [0.3, 0.4) is 0 Å². The topological polar surface area (TPSA) is 38.3 Å². The molecular formula is C12H22INO2. The van der Waals surface area contributed by atoms with Gasteiger partial charge in [-0.25, -0.2) is 4.79 Å². The molecule has 1 amide bonds. The Bertz CT molecular complexity index is 238. The molecule has 16 heavy (non-hydrogen) atoms. The quantitative estimate of drug-likeness (QED) is 0.618. The minimum atomic E-state index is -0.404. The summed E-state index contributed by atoms with van der Waals surface area (Å²) in [5.41, 5.74) is -0.404. The minimum absolute atomic E-state index is 0.269. The third kappa shape index (κ3) is 4.89. The van der Waals surface area contributed by atoms with Crippen molar-refractivity contribution in [3.05, 3.63) is 0 Å². The fourth-order valence-corrected chi connectivity index (χ4v) is 3.10. The van der Waals surface area contributed by atoms with E-state index in [4.69, 9.17) is 4.74 Å². The zero-order chi connectivity index (χ0) is 12.2. The highest BCUT2D eigenvalue weighted by Crippen LogP contribution is 2.26. The van der Waals surface area contributed by atoms with E-state index in [0.717, 1.165) is 10.8 Å². The van der Waals surface area contributed by atoms with E-state index in [9.17, 15) is 4.79 Å². The molecule has 0 saturated heterocycles. The van der Waals surface area contributed by atoms with Gasteiger partial charge in [-0.15, -0.1) is 0 Å². The van der Waals surface area contributed by atoms with Gasteiger partial charge in [0.2, 0.25) is 0 Å². The number of hydrogen-bond acceptors (Lipinski definition) is 2. The first-order chi connectivity index (χ1) is 7.42. The molecule has 0 aromatic rings. The first-order valence-corrected chi connectivity index (χ1v) is 7.50. The summed E-state index contributed by atoms with van der Waals surface area (Å²) in [6.07, 6.45) is 4.55. The molecule has 0 aromatic heterocycles. The van der Waals surface area contributed by atoms with Gasteiger partial charge in [0, 0.05) is 10.5 Å². The summed E-state index contributed by atoms with van der Waals surface area (Å²) in [6, 6.07) is 0.306. The molecule has 0 aliphatic heterocycles. The number of carbonyl (C=O) groups is 1. The van der Waals surface area contributed by atoms with Crippen molar-refractivity contribution in [2.75, 3.05) is 4.43 Å². The molecule has 1 fully saturated rings. The molecular weight excluding hydrogens is 317 g/mol. The maximum Gasteiger partial charge on any atom is 0.407 e. The zero-order valence-corrected chi connectivity index (χ0v) is 12.5. The van der Waals surface area contributed by atoms with Crippen LogP contribution in [0.2, 0.25) is 0 Å². The largest absolute Gasteiger partial charge is 0.444 e. The van der Waals surface area contributed by atoms with Crippen LogP contribution in [-0.2, 0) is 4.74 Å². The van der Waals surface area contributed by atoms with Crippen molar-refractivity contribution in [1.82, 2.24) is 5.32 Å². The van der Waals surface area contributed by atoms with Crippen molar-refractivity contribution in [3.8, 4) is 0 Å². The third-order valence-corrected chi connectivity index (χ3v) is 3.94. The standard InChI is InChI=1S/C12H22INO2/c1-12(2,3)16-11(15)14-10-7-5-4-6-9(10)8-13/h9-10H,4-8H2,1-3H3,(H,14,15)/t9-,10+/m0/s1. The summed E-state index contributed by atoms with van der Waals surface area (Å²) in [7, 11) is 0. The lowest BCUT2D eigenvalue weighted by Gasteiger charge is -2.31. The maximum atomic E-state index is 11.7. The van der Waals surface area contributed by atoms with Crippen molar-refractivity contribution in [1.29, 1.82) is 0 Å². The molecule has 1 N–H and O–H groups in total. The monoisotopic (exact) mass is 339 g/mol. The Kier molecular flexibility index (Phi) is 5.34. The molecule has 0 radical (unpaired) electrons. The number of hydrogen-bond donors (Lipinski definition) is 1. The number of amides is 1. The van der Waals surface area contributed by atoms with Crippen LogP contribution in [-0.4, -0.2) is 22.2 Å². The van der Waals surface area contributed by atoms with Crippen LogP contribution >= 0.6 is 22.6 Å². The molecule has 0 aromatic carbocycles. The number of alkyl carbamates (subject to hydrolysis) is 1. The van der Waals surface area contributed by atoms with E-state index in [1.54, 1.807) is 0 Å². The van der Waals surface area contributed by atoms with E-state index < -0.39 is 5.60 Å². The van der Waals surface area contributed by atoms with Crippen LogP contribution in [0.25, 0.3) is 0 Å². The lowest BCUT2D eigenvalue weighted by atomic mass is 9.86. The summed E-state index contributed by atoms with van der Waals surface area (Å²) in [6.45, 7) is 5.68. The Labute approximate surface area is 112 Å². The molecule has 94 valence electrons. The predicted octanol–water partition coefficient (Wildman–Crippen LogP) is 3.50. The average molecular weight is 339 g/mol. The first kappa shape index (κ1) is 14.1. The molecule has 1 rings (SSSR count). The molecule has 1 aliphatic rings. The number of ether oxygens (including phenoxy) is 1. The molecule has 3 nitrogen and oxygen atoms in total. The van der Waals surface area contributed by atoms with Crippen LogP contribution in [0.1, 0.15) is 46.5 Å². The van der Waals surface area contributed by atoms with E-state index >= 15 is 0 Å². The molecule has 4 heteroatoms.